The smallest absolute Gasteiger partial charge is 0.266 e. The number of rotatable bonds is 2. The molecule has 3 heterocycles. The van der Waals surface area contributed by atoms with E-state index < -0.39 is 0 Å². The van der Waals surface area contributed by atoms with Crippen molar-refractivity contribution in [3.8, 4) is 16.8 Å². The SMILES string of the molecule is Cc1ccc2c(N)c(-c3ccc4ncn(C)c4c3)c(=O)n(-c3ccc(Cl)cc3)c2n1. The molecule has 5 aromatic rings. The first-order valence-electron chi connectivity index (χ1n) is 9.43. The Morgan fingerprint density at radius 3 is 2.57 bits per heavy atom. The molecule has 0 bridgehead atoms. The number of fused-ring (bicyclic) bond motifs is 2. The summed E-state index contributed by atoms with van der Waals surface area (Å²) >= 11 is 6.06. The van der Waals surface area contributed by atoms with Crippen molar-refractivity contribution in [3.05, 3.63) is 82.0 Å². The minimum absolute atomic E-state index is 0.234. The van der Waals surface area contributed by atoms with E-state index in [9.17, 15) is 4.79 Å². The van der Waals surface area contributed by atoms with Crippen molar-refractivity contribution in [2.75, 3.05) is 5.73 Å². The second-order valence-electron chi connectivity index (χ2n) is 7.29. The fourth-order valence-electron chi connectivity index (χ4n) is 3.77. The molecule has 0 aliphatic heterocycles. The van der Waals surface area contributed by atoms with Crippen LogP contribution in [0, 0.1) is 6.92 Å². The van der Waals surface area contributed by atoms with E-state index in [0.29, 0.717) is 27.6 Å². The number of pyridine rings is 2. The van der Waals surface area contributed by atoms with Crippen molar-refractivity contribution in [3.63, 3.8) is 0 Å². The molecule has 2 aromatic carbocycles. The number of imidazole rings is 1. The third kappa shape index (κ3) is 2.76. The molecule has 0 radical (unpaired) electrons. The zero-order valence-electron chi connectivity index (χ0n) is 16.4. The van der Waals surface area contributed by atoms with Gasteiger partial charge < -0.3 is 10.3 Å². The summed E-state index contributed by atoms with van der Waals surface area (Å²) in [4.78, 5) is 22.7. The first-order chi connectivity index (χ1) is 14.4. The van der Waals surface area contributed by atoms with Crippen LogP contribution in [0.4, 0.5) is 5.69 Å². The molecular formula is C23H18ClN5O. The third-order valence-corrected chi connectivity index (χ3v) is 5.55. The molecule has 0 spiro atoms. The normalized spacial score (nSPS) is 11.4. The molecule has 5 rings (SSSR count). The minimum atomic E-state index is -0.234. The van der Waals surface area contributed by atoms with Gasteiger partial charge in [0.15, 0.2) is 0 Å². The van der Waals surface area contributed by atoms with Crippen LogP contribution in [0.2, 0.25) is 5.02 Å². The van der Waals surface area contributed by atoms with Crippen molar-refractivity contribution in [2.45, 2.75) is 6.92 Å². The van der Waals surface area contributed by atoms with Crippen molar-refractivity contribution in [1.29, 1.82) is 0 Å². The van der Waals surface area contributed by atoms with Gasteiger partial charge >= 0.3 is 0 Å². The Morgan fingerprint density at radius 2 is 1.80 bits per heavy atom. The van der Waals surface area contributed by atoms with Crippen LogP contribution >= 0.6 is 11.6 Å². The zero-order valence-corrected chi connectivity index (χ0v) is 17.2. The number of nitrogen functional groups attached to an aromatic ring is 1. The Morgan fingerprint density at radius 1 is 1.03 bits per heavy atom. The summed E-state index contributed by atoms with van der Waals surface area (Å²) in [6.45, 7) is 1.89. The average molecular weight is 416 g/mol. The molecule has 148 valence electrons. The lowest BCUT2D eigenvalue weighted by Gasteiger charge is -2.16. The van der Waals surface area contributed by atoms with E-state index >= 15 is 0 Å². The molecule has 0 aliphatic rings. The molecule has 6 nitrogen and oxygen atoms in total. The van der Waals surface area contributed by atoms with Gasteiger partial charge in [0.1, 0.15) is 5.65 Å². The number of hydrogen-bond donors (Lipinski definition) is 1. The van der Waals surface area contributed by atoms with Crippen LogP contribution in [0.5, 0.6) is 0 Å². The molecule has 30 heavy (non-hydrogen) atoms. The number of aryl methyl sites for hydroxylation is 2. The molecule has 7 heteroatoms. The Bertz CT molecular complexity index is 1500. The van der Waals surface area contributed by atoms with Crippen LogP contribution in [0.15, 0.2) is 65.7 Å². The highest BCUT2D eigenvalue weighted by Gasteiger charge is 2.19. The van der Waals surface area contributed by atoms with Crippen LogP contribution in [0.25, 0.3) is 38.9 Å². The number of hydrogen-bond acceptors (Lipinski definition) is 4. The molecule has 0 unspecified atom stereocenters. The maximum absolute atomic E-state index is 13.7. The topological polar surface area (TPSA) is 78.7 Å². The summed E-state index contributed by atoms with van der Waals surface area (Å²) in [5, 5.41) is 1.31. The van der Waals surface area contributed by atoms with E-state index in [-0.39, 0.29) is 5.56 Å². The fourth-order valence-corrected chi connectivity index (χ4v) is 3.90. The second-order valence-corrected chi connectivity index (χ2v) is 7.72. The quantitative estimate of drug-likeness (QED) is 0.461. The highest BCUT2D eigenvalue weighted by molar-refractivity contribution is 6.30. The van der Waals surface area contributed by atoms with E-state index in [1.807, 2.05) is 48.9 Å². The van der Waals surface area contributed by atoms with Gasteiger partial charge in [-0.25, -0.2) is 9.97 Å². The van der Waals surface area contributed by atoms with Crippen LogP contribution < -0.4 is 11.3 Å². The van der Waals surface area contributed by atoms with Gasteiger partial charge in [0.05, 0.1) is 34.3 Å². The monoisotopic (exact) mass is 415 g/mol. The number of halogens is 1. The number of nitrogens with two attached hydrogens (primary N) is 1. The van der Waals surface area contributed by atoms with Gasteiger partial charge in [-0.15, -0.1) is 0 Å². The van der Waals surface area contributed by atoms with E-state index in [4.69, 9.17) is 17.3 Å². The summed E-state index contributed by atoms with van der Waals surface area (Å²) in [6, 6.07) is 16.6. The Kier molecular flexibility index (Phi) is 4.11. The first kappa shape index (κ1) is 18.4. The lowest BCUT2D eigenvalue weighted by molar-refractivity contribution is 0.947. The van der Waals surface area contributed by atoms with Crippen LogP contribution in [0.3, 0.4) is 0 Å². The van der Waals surface area contributed by atoms with Crippen LogP contribution in [-0.2, 0) is 7.05 Å². The van der Waals surface area contributed by atoms with Gasteiger partial charge in [-0.3, -0.25) is 9.36 Å². The van der Waals surface area contributed by atoms with Gasteiger partial charge in [-0.1, -0.05) is 17.7 Å². The molecule has 3 aromatic heterocycles. The zero-order chi connectivity index (χ0) is 21.0. The standard InChI is InChI=1S/C23H18ClN5O/c1-13-3-9-17-21(25)20(14-4-10-18-19(11-14)28(2)12-26-18)23(30)29(22(17)27-13)16-7-5-15(24)6-8-16/h3-12H,25H2,1-2H3. The fraction of sp³-hybridized carbons (Fsp3) is 0.0870. The second kappa shape index (κ2) is 6.71. The third-order valence-electron chi connectivity index (χ3n) is 5.30. The highest BCUT2D eigenvalue weighted by Crippen LogP contribution is 2.32. The van der Waals surface area contributed by atoms with Crippen LogP contribution in [0.1, 0.15) is 5.69 Å². The number of aromatic nitrogens is 4. The first-order valence-corrected chi connectivity index (χ1v) is 9.81. The average Bonchev–Trinajstić information content (AvgIpc) is 3.10. The Labute approximate surface area is 177 Å². The maximum Gasteiger partial charge on any atom is 0.266 e. The lowest BCUT2D eigenvalue weighted by atomic mass is 10.0. The largest absolute Gasteiger partial charge is 0.397 e. The minimum Gasteiger partial charge on any atom is -0.397 e. The van der Waals surface area contributed by atoms with Crippen molar-refractivity contribution in [2.24, 2.45) is 7.05 Å². The van der Waals surface area contributed by atoms with Gasteiger partial charge in [0.2, 0.25) is 0 Å². The molecule has 0 aliphatic carbocycles. The van der Waals surface area contributed by atoms with E-state index in [2.05, 4.69) is 9.97 Å². The molecule has 0 saturated heterocycles. The van der Waals surface area contributed by atoms with Crippen molar-refractivity contribution in [1.82, 2.24) is 19.1 Å². The molecule has 2 N–H and O–H groups in total. The summed E-state index contributed by atoms with van der Waals surface area (Å²) in [5.41, 5.74) is 11.7. The Hall–Kier alpha value is -3.64. The van der Waals surface area contributed by atoms with E-state index in [0.717, 1.165) is 27.7 Å². The lowest BCUT2D eigenvalue weighted by Crippen LogP contribution is -2.23. The molecule has 0 saturated carbocycles. The van der Waals surface area contributed by atoms with Gasteiger partial charge in [0, 0.05) is 23.2 Å². The van der Waals surface area contributed by atoms with Gasteiger partial charge in [0.25, 0.3) is 5.56 Å². The molecular weight excluding hydrogens is 398 g/mol. The Balaban J connectivity index is 1.91. The van der Waals surface area contributed by atoms with E-state index in [1.54, 1.807) is 35.2 Å². The predicted octanol–water partition coefficient (Wildman–Crippen LogP) is 4.48. The summed E-state index contributed by atoms with van der Waals surface area (Å²) in [6.07, 6.45) is 1.75. The molecule has 0 fully saturated rings. The summed E-state index contributed by atoms with van der Waals surface area (Å²) in [5.74, 6) is 0. The van der Waals surface area contributed by atoms with E-state index in [1.165, 1.54) is 0 Å². The maximum atomic E-state index is 13.7. The van der Waals surface area contributed by atoms with Crippen molar-refractivity contribution >= 4 is 39.4 Å². The number of nitrogens with zero attached hydrogens (tertiary/aromatic N) is 4. The molecule has 0 amide bonds. The number of benzene rings is 2. The predicted molar refractivity (Wildman–Crippen MR) is 121 cm³/mol. The van der Waals surface area contributed by atoms with Gasteiger partial charge in [-0.05, 0) is 61.0 Å². The molecule has 0 atom stereocenters. The van der Waals surface area contributed by atoms with Gasteiger partial charge in [-0.2, -0.15) is 0 Å². The van der Waals surface area contributed by atoms with Crippen molar-refractivity contribution < 1.29 is 0 Å². The highest BCUT2D eigenvalue weighted by atomic mass is 35.5. The number of anilines is 1. The summed E-state index contributed by atoms with van der Waals surface area (Å²) in [7, 11) is 1.92. The summed E-state index contributed by atoms with van der Waals surface area (Å²) < 4.78 is 3.51. The van der Waals surface area contributed by atoms with Crippen LogP contribution in [-0.4, -0.2) is 19.1 Å².